The van der Waals surface area contributed by atoms with E-state index in [1.165, 1.54) is 18.2 Å². The van der Waals surface area contributed by atoms with Crippen molar-refractivity contribution in [2.45, 2.75) is 32.9 Å². The summed E-state index contributed by atoms with van der Waals surface area (Å²) in [7, 11) is 0. The van der Waals surface area contributed by atoms with E-state index in [1.54, 1.807) is 6.92 Å². The number of hydrogen-bond acceptors (Lipinski definition) is 4. The van der Waals surface area contributed by atoms with Crippen LogP contribution in [0.2, 0.25) is 0 Å². The summed E-state index contributed by atoms with van der Waals surface area (Å²) in [6, 6.07) is 3.71. The molecule has 0 aliphatic heterocycles. The maximum atomic E-state index is 11.6. The second-order valence-corrected chi connectivity index (χ2v) is 4.25. The fraction of sp³-hybridized carbons (Fsp3) is 0.462. The van der Waals surface area contributed by atoms with Gasteiger partial charge in [-0.3, -0.25) is 10.1 Å². The lowest BCUT2D eigenvalue weighted by Crippen LogP contribution is -2.43. The number of carbonyl (C=O) groups is 1. The van der Waals surface area contributed by atoms with Crippen LogP contribution in [-0.4, -0.2) is 28.7 Å². The zero-order chi connectivity index (χ0) is 13.7. The fourth-order valence-electron chi connectivity index (χ4n) is 1.76. The van der Waals surface area contributed by atoms with Gasteiger partial charge >= 0.3 is 0 Å². The largest absolute Gasteiger partial charge is 0.508 e. The number of phenols is 2. The fourth-order valence-corrected chi connectivity index (χ4v) is 1.76. The minimum Gasteiger partial charge on any atom is -0.508 e. The standard InChI is InChI=1S/C13H20N2O3/c1-4-14-13(18)9(3)15-8(2)11-7-10(16)5-6-12(11)17/h5-9,15-17H,4H2,1-3H3,(H,14,18). The van der Waals surface area contributed by atoms with Crippen LogP contribution in [0.25, 0.3) is 0 Å². The smallest absolute Gasteiger partial charge is 0.236 e. The highest BCUT2D eigenvalue weighted by atomic mass is 16.3. The molecule has 0 saturated heterocycles. The van der Waals surface area contributed by atoms with Crippen molar-refractivity contribution >= 4 is 5.91 Å². The predicted molar refractivity (Wildman–Crippen MR) is 69.5 cm³/mol. The summed E-state index contributed by atoms with van der Waals surface area (Å²) >= 11 is 0. The zero-order valence-electron chi connectivity index (χ0n) is 10.9. The van der Waals surface area contributed by atoms with E-state index in [4.69, 9.17) is 0 Å². The van der Waals surface area contributed by atoms with Crippen molar-refractivity contribution in [3.05, 3.63) is 23.8 Å². The molecule has 2 unspecified atom stereocenters. The van der Waals surface area contributed by atoms with Crippen LogP contribution < -0.4 is 10.6 Å². The van der Waals surface area contributed by atoms with E-state index in [9.17, 15) is 15.0 Å². The maximum Gasteiger partial charge on any atom is 0.236 e. The Labute approximate surface area is 107 Å². The van der Waals surface area contributed by atoms with E-state index in [0.29, 0.717) is 12.1 Å². The Morgan fingerprint density at radius 3 is 2.61 bits per heavy atom. The summed E-state index contributed by atoms with van der Waals surface area (Å²) in [5.41, 5.74) is 0.561. The van der Waals surface area contributed by atoms with Crippen molar-refractivity contribution in [3.63, 3.8) is 0 Å². The summed E-state index contributed by atoms with van der Waals surface area (Å²) in [5, 5.41) is 24.9. The number of rotatable bonds is 5. The molecule has 0 heterocycles. The minimum atomic E-state index is -0.373. The van der Waals surface area contributed by atoms with E-state index < -0.39 is 0 Å². The van der Waals surface area contributed by atoms with Gasteiger partial charge in [0.05, 0.1) is 6.04 Å². The van der Waals surface area contributed by atoms with Gasteiger partial charge in [0, 0.05) is 18.2 Å². The number of hydrogen-bond donors (Lipinski definition) is 4. The molecule has 1 aromatic rings. The molecule has 0 bridgehead atoms. The number of nitrogens with one attached hydrogen (secondary N) is 2. The number of benzene rings is 1. The Hall–Kier alpha value is -1.75. The molecule has 5 heteroatoms. The van der Waals surface area contributed by atoms with E-state index in [2.05, 4.69) is 10.6 Å². The van der Waals surface area contributed by atoms with E-state index in [1.807, 2.05) is 13.8 Å². The van der Waals surface area contributed by atoms with E-state index in [-0.39, 0.29) is 29.5 Å². The molecule has 4 N–H and O–H groups in total. The first kappa shape index (κ1) is 14.3. The molecule has 0 aliphatic carbocycles. The highest BCUT2D eigenvalue weighted by molar-refractivity contribution is 5.81. The highest BCUT2D eigenvalue weighted by Crippen LogP contribution is 2.27. The SMILES string of the molecule is CCNC(=O)C(C)NC(C)c1cc(O)ccc1O. The molecule has 1 amide bonds. The zero-order valence-corrected chi connectivity index (χ0v) is 10.9. The van der Waals surface area contributed by atoms with Crippen molar-refractivity contribution in [1.29, 1.82) is 0 Å². The Kier molecular flexibility index (Phi) is 4.97. The average Bonchev–Trinajstić information content (AvgIpc) is 2.32. The average molecular weight is 252 g/mol. The van der Waals surface area contributed by atoms with Gasteiger partial charge < -0.3 is 15.5 Å². The van der Waals surface area contributed by atoms with Crippen LogP contribution in [0.4, 0.5) is 0 Å². The molecule has 0 saturated carbocycles. The Morgan fingerprint density at radius 2 is 2.00 bits per heavy atom. The third-order valence-corrected chi connectivity index (χ3v) is 2.72. The van der Waals surface area contributed by atoms with Crippen LogP contribution in [0.1, 0.15) is 32.4 Å². The second-order valence-electron chi connectivity index (χ2n) is 4.25. The molecule has 0 radical (unpaired) electrons. The summed E-state index contributed by atoms with van der Waals surface area (Å²) in [6.45, 7) is 6.01. The first-order chi connectivity index (χ1) is 8.45. The molecule has 0 aliphatic rings. The van der Waals surface area contributed by atoms with Gasteiger partial charge in [0.25, 0.3) is 0 Å². The van der Waals surface area contributed by atoms with Gasteiger partial charge in [-0.1, -0.05) is 0 Å². The predicted octanol–water partition coefficient (Wildman–Crippen LogP) is 1.27. The molecular weight excluding hydrogens is 232 g/mol. The molecule has 0 spiro atoms. The molecule has 0 aromatic heterocycles. The Bertz CT molecular complexity index is 421. The molecule has 0 fully saturated rings. The van der Waals surface area contributed by atoms with Crippen molar-refractivity contribution in [1.82, 2.24) is 10.6 Å². The number of carbonyl (C=O) groups excluding carboxylic acids is 1. The Balaban J connectivity index is 2.73. The second kappa shape index (κ2) is 6.26. The van der Waals surface area contributed by atoms with Crippen molar-refractivity contribution in [3.8, 4) is 11.5 Å². The number of aromatic hydroxyl groups is 2. The number of likely N-dealkylation sites (N-methyl/N-ethyl adjacent to an activating group) is 1. The lowest BCUT2D eigenvalue weighted by Gasteiger charge is -2.20. The Morgan fingerprint density at radius 1 is 1.33 bits per heavy atom. The number of phenolic OH excluding ortho intramolecular Hbond substituents is 2. The van der Waals surface area contributed by atoms with Crippen LogP contribution in [0.3, 0.4) is 0 Å². The molecule has 2 atom stereocenters. The topological polar surface area (TPSA) is 81.6 Å². The minimum absolute atomic E-state index is 0.0853. The molecule has 18 heavy (non-hydrogen) atoms. The van der Waals surface area contributed by atoms with E-state index in [0.717, 1.165) is 0 Å². The maximum absolute atomic E-state index is 11.6. The van der Waals surface area contributed by atoms with Crippen molar-refractivity contribution in [2.24, 2.45) is 0 Å². The monoisotopic (exact) mass is 252 g/mol. The van der Waals surface area contributed by atoms with Gasteiger partial charge in [0.15, 0.2) is 0 Å². The van der Waals surface area contributed by atoms with Crippen LogP contribution in [0.5, 0.6) is 11.5 Å². The van der Waals surface area contributed by atoms with Crippen LogP contribution in [-0.2, 0) is 4.79 Å². The van der Waals surface area contributed by atoms with Gasteiger partial charge in [-0.15, -0.1) is 0 Å². The molecule has 1 aromatic carbocycles. The molecule has 100 valence electrons. The van der Waals surface area contributed by atoms with Gasteiger partial charge in [-0.2, -0.15) is 0 Å². The van der Waals surface area contributed by atoms with Gasteiger partial charge in [0.1, 0.15) is 11.5 Å². The third-order valence-electron chi connectivity index (χ3n) is 2.72. The lowest BCUT2D eigenvalue weighted by molar-refractivity contribution is -0.122. The molecule has 1 rings (SSSR count). The summed E-state index contributed by atoms with van der Waals surface area (Å²) in [4.78, 5) is 11.6. The third kappa shape index (κ3) is 3.63. The van der Waals surface area contributed by atoms with Crippen molar-refractivity contribution in [2.75, 3.05) is 6.54 Å². The van der Waals surface area contributed by atoms with Gasteiger partial charge in [-0.25, -0.2) is 0 Å². The molecule has 5 nitrogen and oxygen atoms in total. The van der Waals surface area contributed by atoms with Gasteiger partial charge in [-0.05, 0) is 39.0 Å². The lowest BCUT2D eigenvalue weighted by atomic mass is 10.1. The highest BCUT2D eigenvalue weighted by Gasteiger charge is 2.17. The summed E-state index contributed by atoms with van der Waals surface area (Å²) in [5.74, 6) is 0.0852. The quantitative estimate of drug-likeness (QED) is 0.595. The summed E-state index contributed by atoms with van der Waals surface area (Å²) in [6.07, 6.45) is 0. The van der Waals surface area contributed by atoms with Crippen molar-refractivity contribution < 1.29 is 15.0 Å². The first-order valence-corrected chi connectivity index (χ1v) is 6.01. The van der Waals surface area contributed by atoms with Crippen LogP contribution >= 0.6 is 0 Å². The van der Waals surface area contributed by atoms with Crippen LogP contribution in [0.15, 0.2) is 18.2 Å². The van der Waals surface area contributed by atoms with Crippen LogP contribution in [0, 0.1) is 0 Å². The summed E-state index contributed by atoms with van der Waals surface area (Å²) < 4.78 is 0. The van der Waals surface area contributed by atoms with E-state index >= 15 is 0 Å². The van der Waals surface area contributed by atoms with Gasteiger partial charge in [0.2, 0.25) is 5.91 Å². The first-order valence-electron chi connectivity index (χ1n) is 6.01. The normalized spacial score (nSPS) is 13.9. The number of amides is 1. The molecular formula is C13H20N2O3.